The second-order valence-corrected chi connectivity index (χ2v) is 4.03. The highest BCUT2D eigenvalue weighted by Crippen LogP contribution is 2.42. The summed E-state index contributed by atoms with van der Waals surface area (Å²) >= 11 is 5.91. The van der Waals surface area contributed by atoms with Gasteiger partial charge in [0.25, 0.3) is 0 Å². The van der Waals surface area contributed by atoms with Crippen molar-refractivity contribution in [2.24, 2.45) is 0 Å². The zero-order valence-electron chi connectivity index (χ0n) is 7.07. The van der Waals surface area contributed by atoms with Gasteiger partial charge >= 0.3 is 0 Å². The summed E-state index contributed by atoms with van der Waals surface area (Å²) in [5.74, 6) is 0. The first-order valence-electron chi connectivity index (χ1n) is 4.30. The molecule has 3 heteroatoms. The molecule has 0 saturated carbocycles. The van der Waals surface area contributed by atoms with Crippen molar-refractivity contribution in [1.29, 1.82) is 0 Å². The van der Waals surface area contributed by atoms with Gasteiger partial charge < -0.3 is 10.2 Å². The standard InChI is InChI=1S/C10H11ClO2/c11-10(13)6-5-9(12)7-3-1-2-4-8(7)10/h1-4,9,12-13H,5-6H2. The third-order valence-electron chi connectivity index (χ3n) is 2.48. The Labute approximate surface area is 81.8 Å². The molecule has 1 aromatic rings. The molecule has 0 spiro atoms. The highest BCUT2D eigenvalue weighted by atomic mass is 35.5. The van der Waals surface area contributed by atoms with Gasteiger partial charge in [0.15, 0.2) is 5.06 Å². The van der Waals surface area contributed by atoms with Gasteiger partial charge in [0.1, 0.15) is 0 Å². The van der Waals surface area contributed by atoms with Crippen LogP contribution < -0.4 is 0 Å². The van der Waals surface area contributed by atoms with Crippen molar-refractivity contribution >= 4 is 11.6 Å². The zero-order chi connectivity index (χ0) is 9.47. The monoisotopic (exact) mass is 198 g/mol. The van der Waals surface area contributed by atoms with Crippen LogP contribution in [0.5, 0.6) is 0 Å². The van der Waals surface area contributed by atoms with E-state index in [9.17, 15) is 10.2 Å². The van der Waals surface area contributed by atoms with Crippen LogP contribution in [0.2, 0.25) is 0 Å². The molecule has 70 valence electrons. The Bertz CT molecular complexity index is 322. The summed E-state index contributed by atoms with van der Waals surface area (Å²) in [6.07, 6.45) is 0.416. The molecule has 0 aliphatic heterocycles. The molecule has 2 N–H and O–H groups in total. The number of hydrogen-bond acceptors (Lipinski definition) is 2. The second kappa shape index (κ2) is 2.98. The summed E-state index contributed by atoms with van der Waals surface area (Å²) in [6.45, 7) is 0. The molecule has 2 atom stereocenters. The van der Waals surface area contributed by atoms with Crippen molar-refractivity contribution in [1.82, 2.24) is 0 Å². The second-order valence-electron chi connectivity index (χ2n) is 3.40. The number of halogens is 1. The van der Waals surface area contributed by atoms with Crippen LogP contribution in [0.25, 0.3) is 0 Å². The predicted molar refractivity (Wildman–Crippen MR) is 50.4 cm³/mol. The van der Waals surface area contributed by atoms with E-state index >= 15 is 0 Å². The van der Waals surface area contributed by atoms with Crippen LogP contribution in [0.3, 0.4) is 0 Å². The first kappa shape index (κ1) is 9.00. The number of rotatable bonds is 0. The first-order chi connectivity index (χ1) is 6.11. The number of hydrogen-bond donors (Lipinski definition) is 2. The molecule has 2 rings (SSSR count). The van der Waals surface area contributed by atoms with Gasteiger partial charge in [-0.3, -0.25) is 0 Å². The lowest BCUT2D eigenvalue weighted by atomic mass is 9.87. The fourth-order valence-corrected chi connectivity index (χ4v) is 2.04. The van der Waals surface area contributed by atoms with E-state index in [4.69, 9.17) is 11.6 Å². The normalized spacial score (nSPS) is 32.7. The first-order valence-corrected chi connectivity index (χ1v) is 4.68. The van der Waals surface area contributed by atoms with E-state index in [1.807, 2.05) is 12.1 Å². The van der Waals surface area contributed by atoms with Crippen molar-refractivity contribution in [2.75, 3.05) is 0 Å². The van der Waals surface area contributed by atoms with Gasteiger partial charge in [-0.05, 0) is 18.4 Å². The average Bonchev–Trinajstić information content (AvgIpc) is 2.13. The van der Waals surface area contributed by atoms with Crippen molar-refractivity contribution in [3.8, 4) is 0 Å². The van der Waals surface area contributed by atoms with E-state index in [1.165, 1.54) is 0 Å². The molecule has 1 aliphatic carbocycles. The maximum absolute atomic E-state index is 9.80. The number of benzene rings is 1. The fraction of sp³-hybridized carbons (Fsp3) is 0.400. The minimum absolute atomic E-state index is 0.396. The molecule has 13 heavy (non-hydrogen) atoms. The molecule has 0 heterocycles. The minimum atomic E-state index is -1.30. The Kier molecular flexibility index (Phi) is 2.06. The van der Waals surface area contributed by atoms with Crippen LogP contribution in [0.15, 0.2) is 24.3 Å². The lowest BCUT2D eigenvalue weighted by Gasteiger charge is -2.31. The molecule has 0 amide bonds. The lowest BCUT2D eigenvalue weighted by Crippen LogP contribution is -2.26. The Morgan fingerprint density at radius 1 is 1.38 bits per heavy atom. The molecule has 0 aromatic heterocycles. The SMILES string of the molecule is OC1CCC(O)(Cl)c2ccccc21. The highest BCUT2D eigenvalue weighted by Gasteiger charge is 2.35. The molecule has 2 nitrogen and oxygen atoms in total. The minimum Gasteiger partial charge on any atom is -0.388 e. The molecule has 0 fully saturated rings. The predicted octanol–water partition coefficient (Wildman–Crippen LogP) is 1.90. The zero-order valence-corrected chi connectivity index (χ0v) is 7.83. The summed E-state index contributed by atoms with van der Waals surface area (Å²) in [7, 11) is 0. The molecule has 1 aromatic carbocycles. The van der Waals surface area contributed by atoms with Gasteiger partial charge in [-0.15, -0.1) is 0 Å². The van der Waals surface area contributed by atoms with E-state index < -0.39 is 11.2 Å². The number of aliphatic hydroxyl groups is 2. The van der Waals surface area contributed by atoms with Crippen LogP contribution in [0.4, 0.5) is 0 Å². The van der Waals surface area contributed by atoms with Crippen molar-refractivity contribution in [2.45, 2.75) is 24.0 Å². The van der Waals surface area contributed by atoms with E-state index in [0.717, 1.165) is 5.56 Å². The average molecular weight is 199 g/mol. The van der Waals surface area contributed by atoms with Crippen LogP contribution >= 0.6 is 11.6 Å². The van der Waals surface area contributed by atoms with Crippen LogP contribution in [-0.2, 0) is 5.06 Å². The fourth-order valence-electron chi connectivity index (χ4n) is 1.75. The largest absolute Gasteiger partial charge is 0.388 e. The van der Waals surface area contributed by atoms with Crippen LogP contribution in [-0.4, -0.2) is 10.2 Å². The Morgan fingerprint density at radius 2 is 2.08 bits per heavy atom. The quantitative estimate of drug-likeness (QED) is 0.626. The molecule has 0 saturated heterocycles. The van der Waals surface area contributed by atoms with Crippen molar-refractivity contribution in [3.63, 3.8) is 0 Å². The van der Waals surface area contributed by atoms with Crippen LogP contribution in [0.1, 0.15) is 30.1 Å². The molecular formula is C10H11ClO2. The van der Waals surface area contributed by atoms with Gasteiger partial charge in [0.2, 0.25) is 0 Å². The molecule has 1 aliphatic rings. The van der Waals surface area contributed by atoms with E-state index in [2.05, 4.69) is 0 Å². The maximum Gasteiger partial charge on any atom is 0.164 e. The van der Waals surface area contributed by atoms with E-state index in [1.54, 1.807) is 12.1 Å². The Balaban J connectivity index is 2.55. The molecule has 0 radical (unpaired) electrons. The van der Waals surface area contributed by atoms with E-state index in [0.29, 0.717) is 18.4 Å². The lowest BCUT2D eigenvalue weighted by molar-refractivity contribution is 0.0614. The molecule has 0 bridgehead atoms. The topological polar surface area (TPSA) is 40.5 Å². The molecule has 2 unspecified atom stereocenters. The number of fused-ring (bicyclic) bond motifs is 1. The summed E-state index contributed by atoms with van der Waals surface area (Å²) in [5, 5.41) is 18.1. The third-order valence-corrected chi connectivity index (χ3v) is 2.87. The van der Waals surface area contributed by atoms with Gasteiger partial charge in [-0.2, -0.15) is 0 Å². The van der Waals surface area contributed by atoms with Crippen molar-refractivity contribution in [3.05, 3.63) is 35.4 Å². The summed E-state index contributed by atoms with van der Waals surface area (Å²) in [5.41, 5.74) is 1.38. The third kappa shape index (κ3) is 1.46. The Morgan fingerprint density at radius 3 is 2.77 bits per heavy atom. The van der Waals surface area contributed by atoms with Crippen LogP contribution in [0, 0.1) is 0 Å². The summed E-state index contributed by atoms with van der Waals surface area (Å²) < 4.78 is 0. The van der Waals surface area contributed by atoms with Gasteiger partial charge in [-0.25, -0.2) is 0 Å². The van der Waals surface area contributed by atoms with Gasteiger partial charge in [-0.1, -0.05) is 35.9 Å². The highest BCUT2D eigenvalue weighted by molar-refractivity contribution is 6.23. The van der Waals surface area contributed by atoms with E-state index in [-0.39, 0.29) is 0 Å². The van der Waals surface area contributed by atoms with Crippen molar-refractivity contribution < 1.29 is 10.2 Å². The smallest absolute Gasteiger partial charge is 0.164 e. The van der Waals surface area contributed by atoms with Gasteiger partial charge in [0.05, 0.1) is 6.10 Å². The Hall–Kier alpha value is -0.570. The summed E-state index contributed by atoms with van der Waals surface area (Å²) in [6, 6.07) is 7.20. The molecular weight excluding hydrogens is 188 g/mol. The number of aliphatic hydroxyl groups excluding tert-OH is 1. The summed E-state index contributed by atoms with van der Waals surface area (Å²) in [4.78, 5) is 0. The van der Waals surface area contributed by atoms with Gasteiger partial charge in [0, 0.05) is 5.56 Å². The maximum atomic E-state index is 9.80. The number of alkyl halides is 1.